The molecule has 0 bridgehead atoms. The van der Waals surface area contributed by atoms with Gasteiger partial charge < -0.3 is 4.74 Å². The molecule has 0 unspecified atom stereocenters. The molecule has 0 amide bonds. The van der Waals surface area contributed by atoms with Crippen molar-refractivity contribution >= 4 is 0 Å². The molecule has 0 aliphatic heterocycles. The molecule has 0 saturated heterocycles. The zero-order chi connectivity index (χ0) is 10.8. The maximum absolute atomic E-state index is 13.1. The van der Waals surface area contributed by atoms with Crippen LogP contribution in [0.2, 0.25) is 0 Å². The quantitative estimate of drug-likeness (QED) is 0.723. The summed E-state index contributed by atoms with van der Waals surface area (Å²) in [4.78, 5) is 0. The first kappa shape index (κ1) is 10.5. The minimum absolute atomic E-state index is 0.172. The van der Waals surface area contributed by atoms with Crippen LogP contribution in [0.4, 0.5) is 4.39 Å². The molecule has 0 saturated carbocycles. The predicted molar refractivity (Wildman–Crippen MR) is 51.6 cm³/mol. The normalized spacial score (nSPS) is 10.8. The van der Waals surface area contributed by atoms with E-state index in [-0.39, 0.29) is 5.75 Å². The Bertz CT molecular complexity index is 379. The molecule has 0 fully saturated rings. The summed E-state index contributed by atoms with van der Waals surface area (Å²) in [5.74, 6) is -0.240. The average Bonchev–Trinajstić information content (AvgIpc) is 2.18. The van der Waals surface area contributed by atoms with Crippen LogP contribution in [0.15, 0.2) is 18.2 Å². The van der Waals surface area contributed by atoms with Gasteiger partial charge in [0.05, 0.1) is 18.6 Å². The first-order chi connectivity index (χ1) is 6.51. The van der Waals surface area contributed by atoms with Crippen molar-refractivity contribution in [2.45, 2.75) is 19.3 Å². The summed E-state index contributed by atoms with van der Waals surface area (Å²) in [5, 5.41) is 8.90. The second-order valence-corrected chi connectivity index (χ2v) is 3.59. The Morgan fingerprint density at radius 2 is 2.07 bits per heavy atom. The van der Waals surface area contributed by atoms with Crippen molar-refractivity contribution in [1.29, 1.82) is 5.26 Å². The average molecular weight is 193 g/mol. The van der Waals surface area contributed by atoms with Crippen molar-refractivity contribution in [1.82, 2.24) is 0 Å². The van der Waals surface area contributed by atoms with Gasteiger partial charge in [0.25, 0.3) is 0 Å². The SMILES string of the molecule is COc1cc(C(C)(C)C#N)ccc1F. The highest BCUT2D eigenvalue weighted by Crippen LogP contribution is 2.27. The fourth-order valence-electron chi connectivity index (χ4n) is 1.11. The van der Waals surface area contributed by atoms with E-state index in [1.54, 1.807) is 26.0 Å². The van der Waals surface area contributed by atoms with E-state index >= 15 is 0 Å². The molecule has 14 heavy (non-hydrogen) atoms. The highest BCUT2D eigenvalue weighted by molar-refractivity contribution is 5.37. The second-order valence-electron chi connectivity index (χ2n) is 3.59. The van der Waals surface area contributed by atoms with E-state index < -0.39 is 11.2 Å². The number of nitriles is 1. The third-order valence-electron chi connectivity index (χ3n) is 2.15. The number of methoxy groups -OCH3 is 1. The van der Waals surface area contributed by atoms with Gasteiger partial charge in [-0.2, -0.15) is 5.26 Å². The van der Waals surface area contributed by atoms with E-state index in [1.807, 2.05) is 0 Å². The van der Waals surface area contributed by atoms with Gasteiger partial charge in [-0.15, -0.1) is 0 Å². The molecule has 0 N–H and O–H groups in total. The molecule has 74 valence electrons. The lowest BCUT2D eigenvalue weighted by atomic mass is 9.86. The van der Waals surface area contributed by atoms with Crippen LogP contribution in [-0.2, 0) is 5.41 Å². The molecule has 1 rings (SSSR count). The molecular weight excluding hydrogens is 181 g/mol. The Kier molecular flexibility index (Phi) is 2.76. The fourth-order valence-corrected chi connectivity index (χ4v) is 1.11. The molecule has 0 atom stereocenters. The molecule has 1 aromatic carbocycles. The van der Waals surface area contributed by atoms with Crippen LogP contribution in [0, 0.1) is 17.1 Å². The van der Waals surface area contributed by atoms with E-state index in [9.17, 15) is 4.39 Å². The third kappa shape index (κ3) is 1.85. The zero-order valence-corrected chi connectivity index (χ0v) is 8.47. The van der Waals surface area contributed by atoms with Gasteiger partial charge in [-0.3, -0.25) is 0 Å². The summed E-state index contributed by atoms with van der Waals surface area (Å²) in [6.45, 7) is 3.55. The van der Waals surface area contributed by atoms with Crippen molar-refractivity contribution in [3.8, 4) is 11.8 Å². The summed E-state index contributed by atoms with van der Waals surface area (Å²) in [7, 11) is 1.40. The maximum atomic E-state index is 13.1. The molecule has 1 aromatic rings. The molecule has 0 aromatic heterocycles. The highest BCUT2D eigenvalue weighted by atomic mass is 19.1. The van der Waals surface area contributed by atoms with Gasteiger partial charge >= 0.3 is 0 Å². The van der Waals surface area contributed by atoms with Crippen molar-refractivity contribution < 1.29 is 9.13 Å². The number of halogens is 1. The van der Waals surface area contributed by atoms with E-state index in [4.69, 9.17) is 10.00 Å². The smallest absolute Gasteiger partial charge is 0.165 e. The fraction of sp³-hybridized carbons (Fsp3) is 0.364. The first-order valence-corrected chi connectivity index (χ1v) is 4.26. The molecule has 0 aliphatic carbocycles. The summed E-state index contributed by atoms with van der Waals surface area (Å²) in [6.07, 6.45) is 0. The van der Waals surface area contributed by atoms with Crippen LogP contribution >= 0.6 is 0 Å². The molecule has 0 radical (unpaired) electrons. The largest absolute Gasteiger partial charge is 0.494 e. The number of ether oxygens (including phenoxy) is 1. The Hall–Kier alpha value is -1.56. The van der Waals surface area contributed by atoms with Gasteiger partial charge in [-0.1, -0.05) is 6.07 Å². The van der Waals surface area contributed by atoms with Crippen molar-refractivity contribution in [2.75, 3.05) is 7.11 Å². The highest BCUT2D eigenvalue weighted by Gasteiger charge is 2.21. The van der Waals surface area contributed by atoms with Crippen molar-refractivity contribution in [3.05, 3.63) is 29.6 Å². The van der Waals surface area contributed by atoms with Crippen LogP contribution in [0.3, 0.4) is 0 Å². The number of rotatable bonds is 2. The molecule has 0 aliphatic rings. The van der Waals surface area contributed by atoms with E-state index in [2.05, 4.69) is 6.07 Å². The topological polar surface area (TPSA) is 33.0 Å². The third-order valence-corrected chi connectivity index (χ3v) is 2.15. The van der Waals surface area contributed by atoms with Gasteiger partial charge in [-0.25, -0.2) is 4.39 Å². The number of hydrogen-bond acceptors (Lipinski definition) is 2. The lowest BCUT2D eigenvalue weighted by molar-refractivity contribution is 0.385. The summed E-state index contributed by atoms with van der Waals surface area (Å²) < 4.78 is 17.9. The number of benzene rings is 1. The zero-order valence-electron chi connectivity index (χ0n) is 8.47. The monoisotopic (exact) mass is 193 g/mol. The Morgan fingerprint density at radius 1 is 1.43 bits per heavy atom. The van der Waals surface area contributed by atoms with E-state index in [0.29, 0.717) is 0 Å². The lowest BCUT2D eigenvalue weighted by Crippen LogP contribution is -2.13. The Balaban J connectivity index is 3.21. The Morgan fingerprint density at radius 3 is 2.57 bits per heavy atom. The molecule has 0 spiro atoms. The second kappa shape index (κ2) is 3.67. The Labute approximate surface area is 82.9 Å². The number of nitrogens with zero attached hydrogens (tertiary/aromatic N) is 1. The molecule has 2 nitrogen and oxygen atoms in total. The molecule has 3 heteroatoms. The number of hydrogen-bond donors (Lipinski definition) is 0. The van der Waals surface area contributed by atoms with E-state index in [1.165, 1.54) is 13.2 Å². The predicted octanol–water partition coefficient (Wildman–Crippen LogP) is 2.64. The standard InChI is InChI=1S/C11H12FNO/c1-11(2,7-13)8-4-5-9(12)10(6-8)14-3/h4-6H,1-3H3. The van der Waals surface area contributed by atoms with Crippen LogP contribution in [-0.4, -0.2) is 7.11 Å². The maximum Gasteiger partial charge on any atom is 0.165 e. The van der Waals surface area contributed by atoms with Gasteiger partial charge in [0.2, 0.25) is 0 Å². The lowest BCUT2D eigenvalue weighted by Gasteiger charge is -2.16. The summed E-state index contributed by atoms with van der Waals surface area (Å²) in [6, 6.07) is 6.62. The van der Waals surface area contributed by atoms with Gasteiger partial charge in [-0.05, 0) is 31.5 Å². The summed E-state index contributed by atoms with van der Waals surface area (Å²) in [5.41, 5.74) is 0.124. The van der Waals surface area contributed by atoms with Crippen LogP contribution < -0.4 is 4.74 Å². The van der Waals surface area contributed by atoms with Crippen LogP contribution in [0.25, 0.3) is 0 Å². The van der Waals surface area contributed by atoms with Gasteiger partial charge in [0.15, 0.2) is 11.6 Å². The van der Waals surface area contributed by atoms with E-state index in [0.717, 1.165) is 5.56 Å². The van der Waals surface area contributed by atoms with Crippen molar-refractivity contribution in [3.63, 3.8) is 0 Å². The minimum Gasteiger partial charge on any atom is -0.494 e. The van der Waals surface area contributed by atoms with Crippen LogP contribution in [0.1, 0.15) is 19.4 Å². The minimum atomic E-state index is -0.624. The molecular formula is C11H12FNO. The van der Waals surface area contributed by atoms with Gasteiger partial charge in [0.1, 0.15) is 0 Å². The molecule has 0 heterocycles. The van der Waals surface area contributed by atoms with Crippen LogP contribution in [0.5, 0.6) is 5.75 Å². The first-order valence-electron chi connectivity index (χ1n) is 4.26. The van der Waals surface area contributed by atoms with Crippen molar-refractivity contribution in [2.24, 2.45) is 0 Å². The summed E-state index contributed by atoms with van der Waals surface area (Å²) >= 11 is 0. The van der Waals surface area contributed by atoms with Gasteiger partial charge in [0, 0.05) is 0 Å².